The molecule has 1 N–H and O–H groups in total. The summed E-state index contributed by atoms with van der Waals surface area (Å²) in [6, 6.07) is 10.5. The average Bonchev–Trinajstić information content (AvgIpc) is 2.75. The number of hydrogen-bond acceptors (Lipinski definition) is 4. The molecule has 0 saturated carbocycles. The summed E-state index contributed by atoms with van der Waals surface area (Å²) in [4.78, 5) is 26.2. The van der Waals surface area contributed by atoms with Gasteiger partial charge in [0.05, 0.1) is 0 Å². The van der Waals surface area contributed by atoms with Crippen LogP contribution in [0.1, 0.15) is 11.1 Å². The van der Waals surface area contributed by atoms with Crippen molar-refractivity contribution in [3.8, 4) is 5.75 Å². The topological polar surface area (TPSA) is 61.9 Å². The minimum atomic E-state index is -4.85. The van der Waals surface area contributed by atoms with Gasteiger partial charge in [0.1, 0.15) is 5.75 Å². The van der Waals surface area contributed by atoms with Crippen LogP contribution in [-0.2, 0) is 9.59 Å². The molecule has 0 atom stereocenters. The largest absolute Gasteiger partial charge is 0.484 e. The second-order valence-corrected chi connectivity index (χ2v) is 7.91. The zero-order valence-electron chi connectivity index (χ0n) is 17.6. The first-order valence-electron chi connectivity index (χ1n) is 9.95. The van der Waals surface area contributed by atoms with Crippen LogP contribution in [0.25, 0.3) is 0 Å². The molecule has 1 saturated heterocycles. The van der Waals surface area contributed by atoms with Gasteiger partial charge in [-0.3, -0.25) is 9.59 Å². The molecule has 0 aliphatic carbocycles. The molecule has 0 unspecified atom stereocenters. The first kappa shape index (κ1) is 23.7. The number of nitrogens with one attached hydrogen (secondary N) is 1. The number of anilines is 2. The maximum atomic E-state index is 12.6. The quantitative estimate of drug-likeness (QED) is 0.713. The van der Waals surface area contributed by atoms with Crippen LogP contribution in [-0.4, -0.2) is 55.7 Å². The Bertz CT molecular complexity index is 965. The van der Waals surface area contributed by atoms with E-state index in [2.05, 4.69) is 5.32 Å². The van der Waals surface area contributed by atoms with Crippen LogP contribution in [0.3, 0.4) is 0 Å². The van der Waals surface area contributed by atoms with E-state index in [9.17, 15) is 22.8 Å². The van der Waals surface area contributed by atoms with Crippen LogP contribution in [0.15, 0.2) is 36.4 Å². The highest BCUT2D eigenvalue weighted by Crippen LogP contribution is 2.26. The Labute approximate surface area is 188 Å². The third-order valence-electron chi connectivity index (χ3n) is 5.11. The van der Waals surface area contributed by atoms with Crippen LogP contribution in [0.2, 0.25) is 5.02 Å². The minimum absolute atomic E-state index is 0.00217. The number of alkyl halides is 3. The number of aryl methyl sites for hydroxylation is 2. The fourth-order valence-corrected chi connectivity index (χ4v) is 3.55. The van der Waals surface area contributed by atoms with Crippen molar-refractivity contribution >= 4 is 34.8 Å². The maximum Gasteiger partial charge on any atom is 0.471 e. The van der Waals surface area contributed by atoms with E-state index >= 15 is 0 Å². The molecule has 3 rings (SSSR count). The van der Waals surface area contributed by atoms with E-state index in [-0.39, 0.29) is 25.6 Å². The summed E-state index contributed by atoms with van der Waals surface area (Å²) in [5.41, 5.74) is 3.09. The Morgan fingerprint density at radius 1 is 1.03 bits per heavy atom. The normalized spacial score (nSPS) is 14.3. The third-order valence-corrected chi connectivity index (χ3v) is 5.70. The molecule has 0 bridgehead atoms. The Morgan fingerprint density at radius 3 is 2.12 bits per heavy atom. The summed E-state index contributed by atoms with van der Waals surface area (Å²) in [5.74, 6) is -1.58. The number of benzene rings is 2. The molecule has 2 aromatic carbocycles. The SMILES string of the molecule is Cc1cc(OCC(=O)Nc2ccc(N3CCN(C(=O)C(F)(F)F)CC3)cc2)cc(C)c1Cl. The number of rotatable bonds is 5. The summed E-state index contributed by atoms with van der Waals surface area (Å²) < 4.78 is 43.2. The molecule has 0 aromatic heterocycles. The Hall–Kier alpha value is -2.94. The molecule has 6 nitrogen and oxygen atoms in total. The maximum absolute atomic E-state index is 12.6. The Kier molecular flexibility index (Phi) is 7.18. The molecule has 1 aliphatic heterocycles. The molecule has 0 radical (unpaired) electrons. The lowest BCUT2D eigenvalue weighted by Crippen LogP contribution is -2.52. The van der Waals surface area contributed by atoms with Gasteiger partial charge in [-0.15, -0.1) is 0 Å². The van der Waals surface area contributed by atoms with E-state index < -0.39 is 12.1 Å². The van der Waals surface area contributed by atoms with Crippen molar-refractivity contribution < 1.29 is 27.5 Å². The predicted octanol–water partition coefficient (Wildman–Crippen LogP) is 4.19. The highest BCUT2D eigenvalue weighted by atomic mass is 35.5. The average molecular weight is 470 g/mol. The number of ether oxygens (including phenoxy) is 1. The number of piperazine rings is 1. The highest BCUT2D eigenvalue weighted by Gasteiger charge is 2.43. The number of amides is 2. The Morgan fingerprint density at radius 2 is 1.59 bits per heavy atom. The first-order valence-corrected chi connectivity index (χ1v) is 10.3. The van der Waals surface area contributed by atoms with Gasteiger partial charge in [-0.05, 0) is 61.4 Å². The fraction of sp³-hybridized carbons (Fsp3) is 0.364. The molecule has 2 amide bonds. The van der Waals surface area contributed by atoms with Gasteiger partial charge in [0.2, 0.25) is 0 Å². The second-order valence-electron chi connectivity index (χ2n) is 7.53. The molecule has 172 valence electrons. The molecule has 1 heterocycles. The van der Waals surface area contributed by atoms with Gasteiger partial charge in [-0.25, -0.2) is 0 Å². The predicted molar refractivity (Wildman–Crippen MR) is 116 cm³/mol. The molecule has 32 heavy (non-hydrogen) atoms. The standard InChI is InChI=1S/C22H23ClF3N3O3/c1-14-11-18(12-15(2)20(14)23)32-13-19(30)27-16-3-5-17(6-4-16)28-7-9-29(10-8-28)21(31)22(24,25)26/h3-6,11-12H,7-10,13H2,1-2H3,(H,27,30). The van der Waals surface area contributed by atoms with Crippen molar-refractivity contribution in [3.63, 3.8) is 0 Å². The van der Waals surface area contributed by atoms with E-state index in [1.807, 2.05) is 18.7 Å². The lowest BCUT2D eigenvalue weighted by molar-refractivity contribution is -0.185. The van der Waals surface area contributed by atoms with Crippen molar-refractivity contribution in [2.24, 2.45) is 0 Å². The number of nitrogens with zero attached hydrogens (tertiary/aromatic N) is 2. The van der Waals surface area contributed by atoms with Crippen LogP contribution in [0.4, 0.5) is 24.5 Å². The summed E-state index contributed by atoms with van der Waals surface area (Å²) >= 11 is 6.13. The molecular weight excluding hydrogens is 447 g/mol. The van der Waals surface area contributed by atoms with Crippen LogP contribution in [0.5, 0.6) is 5.75 Å². The van der Waals surface area contributed by atoms with Crippen molar-refractivity contribution in [2.75, 3.05) is 43.0 Å². The zero-order valence-corrected chi connectivity index (χ0v) is 18.4. The van der Waals surface area contributed by atoms with Gasteiger partial charge >= 0.3 is 12.1 Å². The van der Waals surface area contributed by atoms with E-state index in [0.717, 1.165) is 21.7 Å². The first-order chi connectivity index (χ1) is 15.0. The summed E-state index contributed by atoms with van der Waals surface area (Å²) in [6.45, 7) is 4.13. The Balaban J connectivity index is 1.50. The van der Waals surface area contributed by atoms with Crippen LogP contribution < -0.4 is 15.0 Å². The minimum Gasteiger partial charge on any atom is -0.484 e. The molecular formula is C22H23ClF3N3O3. The van der Waals surface area contributed by atoms with E-state index in [1.165, 1.54) is 0 Å². The number of halogens is 4. The lowest BCUT2D eigenvalue weighted by Gasteiger charge is -2.36. The third kappa shape index (κ3) is 5.85. The number of carbonyl (C=O) groups is 2. The van der Waals surface area contributed by atoms with Gasteiger partial charge in [-0.1, -0.05) is 11.6 Å². The molecule has 10 heteroatoms. The van der Waals surface area contributed by atoms with Gasteiger partial charge in [0, 0.05) is 42.6 Å². The van der Waals surface area contributed by atoms with Gasteiger partial charge < -0.3 is 19.9 Å². The van der Waals surface area contributed by atoms with Crippen LogP contribution >= 0.6 is 11.6 Å². The monoisotopic (exact) mass is 469 g/mol. The summed E-state index contributed by atoms with van der Waals surface area (Å²) in [7, 11) is 0. The number of hydrogen-bond donors (Lipinski definition) is 1. The van der Waals surface area contributed by atoms with Gasteiger partial charge in [-0.2, -0.15) is 13.2 Å². The van der Waals surface area contributed by atoms with Crippen molar-refractivity contribution in [1.82, 2.24) is 4.90 Å². The van der Waals surface area contributed by atoms with Gasteiger partial charge in [0.15, 0.2) is 6.61 Å². The lowest BCUT2D eigenvalue weighted by atomic mass is 10.1. The van der Waals surface area contributed by atoms with Crippen molar-refractivity contribution in [1.29, 1.82) is 0 Å². The zero-order chi connectivity index (χ0) is 23.5. The highest BCUT2D eigenvalue weighted by molar-refractivity contribution is 6.32. The second kappa shape index (κ2) is 9.68. The van der Waals surface area contributed by atoms with Crippen molar-refractivity contribution in [2.45, 2.75) is 20.0 Å². The van der Waals surface area contributed by atoms with E-state index in [0.29, 0.717) is 29.5 Å². The molecule has 1 aliphatic rings. The molecule has 2 aromatic rings. The molecule has 0 spiro atoms. The summed E-state index contributed by atoms with van der Waals surface area (Å²) in [6.07, 6.45) is -4.85. The summed E-state index contributed by atoms with van der Waals surface area (Å²) in [5, 5.41) is 3.40. The van der Waals surface area contributed by atoms with Crippen molar-refractivity contribution in [3.05, 3.63) is 52.5 Å². The van der Waals surface area contributed by atoms with E-state index in [1.54, 1.807) is 36.4 Å². The van der Waals surface area contributed by atoms with E-state index in [4.69, 9.17) is 16.3 Å². The fourth-order valence-electron chi connectivity index (χ4n) is 3.44. The number of carbonyl (C=O) groups excluding carboxylic acids is 2. The van der Waals surface area contributed by atoms with Crippen LogP contribution in [0, 0.1) is 13.8 Å². The van der Waals surface area contributed by atoms with Gasteiger partial charge in [0.25, 0.3) is 5.91 Å². The molecule has 1 fully saturated rings. The smallest absolute Gasteiger partial charge is 0.471 e.